The van der Waals surface area contributed by atoms with Gasteiger partial charge in [0.1, 0.15) is 12.4 Å². The van der Waals surface area contributed by atoms with Gasteiger partial charge in [0.15, 0.2) is 0 Å². The number of aromatic nitrogens is 1. The van der Waals surface area contributed by atoms with Gasteiger partial charge >= 0.3 is 0 Å². The van der Waals surface area contributed by atoms with Crippen molar-refractivity contribution in [3.8, 4) is 0 Å². The number of fused-ring (bicyclic) bond motifs is 4. The van der Waals surface area contributed by atoms with Crippen LogP contribution >= 0.6 is 0 Å². The number of carbonyl (C=O) groups excluding carboxylic acids is 3. The van der Waals surface area contributed by atoms with E-state index in [1.54, 1.807) is 6.20 Å². The van der Waals surface area contributed by atoms with Gasteiger partial charge in [0.25, 0.3) is 0 Å². The summed E-state index contributed by atoms with van der Waals surface area (Å²) in [7, 11) is 0. The summed E-state index contributed by atoms with van der Waals surface area (Å²) in [5.41, 5.74) is 4.99. The lowest BCUT2D eigenvalue weighted by Gasteiger charge is -2.42. The van der Waals surface area contributed by atoms with Crippen molar-refractivity contribution in [3.05, 3.63) is 88.6 Å². The largest absolute Gasteiger partial charge is 0.326 e. The molecule has 2 aliphatic heterocycles. The van der Waals surface area contributed by atoms with Gasteiger partial charge < -0.3 is 20.9 Å². The highest BCUT2D eigenvalue weighted by Gasteiger charge is 2.51. The first-order valence-corrected chi connectivity index (χ1v) is 15.1. The van der Waals surface area contributed by atoms with Crippen LogP contribution in [0.2, 0.25) is 0 Å². The summed E-state index contributed by atoms with van der Waals surface area (Å²) in [6.07, 6.45) is 7.44. The van der Waals surface area contributed by atoms with E-state index in [1.165, 1.54) is 5.56 Å². The maximum absolute atomic E-state index is 14.2. The Bertz CT molecular complexity index is 1580. The van der Waals surface area contributed by atoms with E-state index >= 15 is 0 Å². The van der Waals surface area contributed by atoms with Crippen LogP contribution in [0, 0.1) is 5.41 Å². The average Bonchev–Trinajstić information content (AvgIpc) is 3.52. The third kappa shape index (κ3) is 4.49. The third-order valence-electron chi connectivity index (χ3n) is 9.87. The van der Waals surface area contributed by atoms with E-state index in [1.807, 2.05) is 48.2 Å². The summed E-state index contributed by atoms with van der Waals surface area (Å²) < 4.78 is 0. The van der Waals surface area contributed by atoms with Gasteiger partial charge in [0.05, 0.1) is 16.9 Å². The van der Waals surface area contributed by atoms with Crippen molar-refractivity contribution in [1.29, 1.82) is 0 Å². The average molecular weight is 564 g/mol. The number of hydrogen-bond donors (Lipinski definition) is 3. The third-order valence-corrected chi connectivity index (χ3v) is 9.87. The van der Waals surface area contributed by atoms with E-state index in [9.17, 15) is 14.4 Å². The van der Waals surface area contributed by atoms with Crippen molar-refractivity contribution in [2.24, 2.45) is 5.41 Å². The summed E-state index contributed by atoms with van der Waals surface area (Å²) in [5.74, 6) is 0.451. The number of nitrogens with one attached hydrogen (secondary N) is 3. The SMILES string of the molecule is CC1(C(=O)N(CC(=O)Nc2ccc3c(c2)CC2(C3)C(=O)Nc3ncccc32)C2CCCc3ccccc32)CCCNC1. The molecule has 8 nitrogen and oxygen atoms in total. The molecule has 3 amide bonds. The molecule has 1 saturated heterocycles. The van der Waals surface area contributed by atoms with Crippen LogP contribution < -0.4 is 16.0 Å². The van der Waals surface area contributed by atoms with Gasteiger partial charge in [0.2, 0.25) is 17.7 Å². The molecule has 3 aromatic rings. The zero-order valence-corrected chi connectivity index (χ0v) is 24.0. The molecule has 3 heterocycles. The van der Waals surface area contributed by atoms with E-state index in [2.05, 4.69) is 39.1 Å². The second kappa shape index (κ2) is 10.3. The summed E-state index contributed by atoms with van der Waals surface area (Å²) in [4.78, 5) is 47.2. The number of benzene rings is 2. The molecule has 0 saturated carbocycles. The number of amides is 3. The smallest absolute Gasteiger partial charge is 0.244 e. The standard InChI is InChI=1S/C34H37N5O3/c1-33(14-6-15-35-21-33)32(42)39(28-11-4-8-22-7-2-3-9-26(22)28)20-29(40)37-25-13-12-23-18-34(19-24(23)17-25)27-10-5-16-36-30(27)38-31(34)41/h2-3,5,7,9-10,12-13,16-17,28,35H,4,6,8,11,14-15,18-21H2,1H3,(H,37,40)(H,36,38,41). The molecule has 0 radical (unpaired) electrons. The van der Waals surface area contributed by atoms with Crippen LogP contribution in [0.25, 0.3) is 0 Å². The van der Waals surface area contributed by atoms with E-state index < -0.39 is 10.8 Å². The quantitative estimate of drug-likeness (QED) is 0.430. The molecular formula is C34H37N5O3. The topological polar surface area (TPSA) is 103 Å². The predicted molar refractivity (Wildman–Crippen MR) is 161 cm³/mol. The van der Waals surface area contributed by atoms with Crippen molar-refractivity contribution in [2.75, 3.05) is 30.3 Å². The summed E-state index contributed by atoms with van der Waals surface area (Å²) >= 11 is 0. The number of hydrogen-bond acceptors (Lipinski definition) is 5. The molecule has 0 bridgehead atoms. The van der Waals surface area contributed by atoms with E-state index in [4.69, 9.17) is 0 Å². The fourth-order valence-electron chi connectivity index (χ4n) is 7.66. The van der Waals surface area contributed by atoms with Gasteiger partial charge in [-0.3, -0.25) is 14.4 Å². The number of pyridine rings is 1. The van der Waals surface area contributed by atoms with Gasteiger partial charge in [-0.05, 0) is 98.9 Å². The minimum absolute atomic E-state index is 0.00407. The summed E-state index contributed by atoms with van der Waals surface area (Å²) in [6, 6.07) is 18.0. The Morgan fingerprint density at radius 2 is 1.90 bits per heavy atom. The highest BCUT2D eigenvalue weighted by Crippen LogP contribution is 2.47. The molecule has 1 aromatic heterocycles. The number of carbonyl (C=O) groups is 3. The number of piperidine rings is 1. The Morgan fingerprint density at radius 3 is 2.76 bits per heavy atom. The Hall–Kier alpha value is -4.04. The lowest BCUT2D eigenvalue weighted by molar-refractivity contribution is -0.147. The Labute approximate surface area is 246 Å². The van der Waals surface area contributed by atoms with Gasteiger partial charge in [-0.1, -0.05) is 36.4 Å². The zero-order chi connectivity index (χ0) is 28.9. The molecule has 42 heavy (non-hydrogen) atoms. The molecule has 1 spiro atoms. The van der Waals surface area contributed by atoms with Gasteiger partial charge in [-0.25, -0.2) is 4.98 Å². The lowest BCUT2D eigenvalue weighted by atomic mass is 9.79. The number of anilines is 2. The van der Waals surface area contributed by atoms with Gasteiger partial charge in [-0.15, -0.1) is 0 Å². The molecule has 7 rings (SSSR count). The Morgan fingerprint density at radius 1 is 1.05 bits per heavy atom. The van der Waals surface area contributed by atoms with Crippen molar-refractivity contribution in [2.45, 2.75) is 63.3 Å². The van der Waals surface area contributed by atoms with Crippen LogP contribution in [-0.2, 0) is 39.1 Å². The van der Waals surface area contributed by atoms with Gasteiger partial charge in [-0.2, -0.15) is 0 Å². The van der Waals surface area contributed by atoms with Crippen LogP contribution in [0.3, 0.4) is 0 Å². The maximum Gasteiger partial charge on any atom is 0.244 e. The van der Waals surface area contributed by atoms with Crippen LogP contribution in [0.5, 0.6) is 0 Å². The summed E-state index contributed by atoms with van der Waals surface area (Å²) in [5, 5.41) is 9.43. The van der Waals surface area contributed by atoms with Crippen molar-refractivity contribution >= 4 is 29.2 Å². The fourth-order valence-corrected chi connectivity index (χ4v) is 7.66. The van der Waals surface area contributed by atoms with Crippen molar-refractivity contribution in [1.82, 2.24) is 15.2 Å². The monoisotopic (exact) mass is 563 g/mol. The second-order valence-corrected chi connectivity index (χ2v) is 12.7. The van der Waals surface area contributed by atoms with Crippen LogP contribution in [0.15, 0.2) is 60.8 Å². The van der Waals surface area contributed by atoms with E-state index in [-0.39, 0.29) is 30.3 Å². The maximum atomic E-state index is 14.2. The number of aryl methyl sites for hydroxylation is 1. The number of rotatable bonds is 5. The molecule has 4 aliphatic rings. The minimum Gasteiger partial charge on any atom is -0.326 e. The van der Waals surface area contributed by atoms with Crippen LogP contribution in [-0.4, -0.2) is 47.2 Å². The first-order chi connectivity index (χ1) is 20.4. The molecule has 8 heteroatoms. The van der Waals surface area contributed by atoms with Gasteiger partial charge in [0, 0.05) is 24.0 Å². The number of nitrogens with zero attached hydrogens (tertiary/aromatic N) is 2. The normalized spacial score (nSPS) is 25.7. The van der Waals surface area contributed by atoms with E-state index in [0.29, 0.717) is 30.9 Å². The molecular weight excluding hydrogens is 526 g/mol. The lowest BCUT2D eigenvalue weighted by Crippen LogP contribution is -2.53. The second-order valence-electron chi connectivity index (χ2n) is 12.7. The molecule has 1 fully saturated rings. The molecule has 216 valence electrons. The first kappa shape index (κ1) is 26.8. The Balaban J connectivity index is 1.13. The zero-order valence-electron chi connectivity index (χ0n) is 24.0. The van der Waals surface area contributed by atoms with Crippen molar-refractivity contribution in [3.63, 3.8) is 0 Å². The fraction of sp³-hybridized carbons (Fsp3) is 0.412. The van der Waals surface area contributed by atoms with Crippen molar-refractivity contribution < 1.29 is 14.4 Å². The Kier molecular flexibility index (Phi) is 6.61. The molecule has 3 N–H and O–H groups in total. The molecule has 3 atom stereocenters. The molecule has 2 aromatic carbocycles. The predicted octanol–water partition coefficient (Wildman–Crippen LogP) is 4.30. The molecule has 3 unspecified atom stereocenters. The highest BCUT2D eigenvalue weighted by molar-refractivity contribution is 6.06. The summed E-state index contributed by atoms with van der Waals surface area (Å²) in [6.45, 7) is 3.57. The highest BCUT2D eigenvalue weighted by atomic mass is 16.2. The minimum atomic E-state index is -0.657. The first-order valence-electron chi connectivity index (χ1n) is 15.1. The van der Waals surface area contributed by atoms with Crippen LogP contribution in [0.1, 0.15) is 66.5 Å². The molecule has 2 aliphatic carbocycles. The van der Waals surface area contributed by atoms with Crippen LogP contribution in [0.4, 0.5) is 11.5 Å². The van der Waals surface area contributed by atoms with E-state index in [0.717, 1.165) is 60.9 Å².